The monoisotopic (exact) mass is 943 g/mol. The molecule has 1 N–H and O–H groups in total. The lowest BCUT2D eigenvalue weighted by Gasteiger charge is -2.25. The van der Waals surface area contributed by atoms with E-state index in [1.165, 1.54) is 116 Å². The van der Waals surface area contributed by atoms with Crippen molar-refractivity contribution in [2.75, 3.05) is 47.5 Å². The van der Waals surface area contributed by atoms with E-state index in [0.717, 1.165) is 89.9 Å². The number of hydrogen-bond acceptors (Lipinski definition) is 7. The Bertz CT molecular complexity index is 1280. The zero-order valence-corrected chi connectivity index (χ0v) is 44.1. The van der Waals surface area contributed by atoms with Crippen molar-refractivity contribution in [1.29, 1.82) is 0 Å². The molecule has 0 aromatic rings. The lowest BCUT2D eigenvalue weighted by Crippen LogP contribution is -2.40. The Morgan fingerprint density at radius 3 is 1.28 bits per heavy atom. The zero-order valence-electron chi connectivity index (χ0n) is 44.1. The summed E-state index contributed by atoms with van der Waals surface area (Å²) in [7, 11) is 5.96. The van der Waals surface area contributed by atoms with Crippen molar-refractivity contribution >= 4 is 17.9 Å². The van der Waals surface area contributed by atoms with Gasteiger partial charge in [-0.2, -0.15) is 0 Å². The third kappa shape index (κ3) is 50.7. The number of carbonyl (C=O) groups is 3. The van der Waals surface area contributed by atoms with Crippen LogP contribution < -0.4 is 0 Å². The van der Waals surface area contributed by atoms with Crippen LogP contribution >= 0.6 is 0 Å². The first-order chi connectivity index (χ1) is 32.6. The average Bonchev–Trinajstić information content (AvgIpc) is 3.29. The molecule has 67 heavy (non-hydrogen) atoms. The van der Waals surface area contributed by atoms with Gasteiger partial charge in [-0.25, -0.2) is 4.79 Å². The largest absolute Gasteiger partial charge is 0.477 e. The molecule has 388 valence electrons. The fourth-order valence-corrected chi connectivity index (χ4v) is 7.52. The molecule has 0 aromatic carbocycles. The lowest BCUT2D eigenvalue weighted by atomic mass is 10.0. The number of quaternary nitrogens is 1. The van der Waals surface area contributed by atoms with Crippen LogP contribution in [0.4, 0.5) is 0 Å². The van der Waals surface area contributed by atoms with E-state index in [4.69, 9.17) is 18.9 Å². The van der Waals surface area contributed by atoms with Crippen LogP contribution in [-0.4, -0.2) is 87.4 Å². The van der Waals surface area contributed by atoms with Crippen LogP contribution in [-0.2, 0) is 33.3 Å². The average molecular weight is 943 g/mol. The van der Waals surface area contributed by atoms with Gasteiger partial charge < -0.3 is 28.5 Å². The normalized spacial score (nSPS) is 13.3. The number of hydrogen-bond donors (Lipinski definition) is 1. The summed E-state index contributed by atoms with van der Waals surface area (Å²) in [5, 5.41) is 9.66. The van der Waals surface area contributed by atoms with E-state index < -0.39 is 24.3 Å². The maximum absolute atomic E-state index is 12.8. The molecule has 0 radical (unpaired) electrons. The van der Waals surface area contributed by atoms with Crippen LogP contribution in [0.1, 0.15) is 232 Å². The summed E-state index contributed by atoms with van der Waals surface area (Å²) in [5.74, 6) is -2.01. The SMILES string of the molecule is CC/C=C\C/C=C\C/C=C\C/C=C\CCCCCCCCCCCCCCCCCCCCC(=O)OC(COC(=O)CCCCCCC/C=C\CCCC)COC(OCC[N+](C)(C)C)C(=O)O. The summed E-state index contributed by atoms with van der Waals surface area (Å²) < 4.78 is 22.8. The topological polar surface area (TPSA) is 108 Å². The number of nitrogens with zero attached hydrogens (tertiary/aromatic N) is 1. The van der Waals surface area contributed by atoms with Gasteiger partial charge in [0.2, 0.25) is 0 Å². The summed E-state index contributed by atoms with van der Waals surface area (Å²) in [6.45, 7) is 4.72. The minimum Gasteiger partial charge on any atom is -0.477 e. The molecule has 0 fully saturated rings. The standard InChI is InChI=1S/C58H103NO8/c1-6-8-10-12-14-16-18-19-20-21-22-23-24-25-26-27-28-29-30-31-32-33-34-35-36-37-39-41-43-45-47-49-56(61)67-54(53-66-58(57(62)63)64-51-50-59(3,4)5)52-65-55(60)48-46-44-42-40-38-17-15-13-11-9-7-2/h8,10,13-16,19-20,22-23,54,58H,6-7,9,11-12,17-18,21,24-53H2,1-5H3/p+1/b10-8-,15-13-,16-14-,20-19-,23-22-. The summed E-state index contributed by atoms with van der Waals surface area (Å²) in [5.41, 5.74) is 0. The minimum absolute atomic E-state index is 0.185. The number of carbonyl (C=O) groups excluding carboxylic acids is 2. The Labute approximate surface area is 412 Å². The molecule has 0 amide bonds. The Balaban J connectivity index is 4.09. The molecule has 0 aliphatic carbocycles. The summed E-state index contributed by atoms with van der Waals surface area (Å²) in [6, 6.07) is 0. The van der Waals surface area contributed by atoms with Gasteiger partial charge in [0.25, 0.3) is 6.29 Å². The smallest absolute Gasteiger partial charge is 0.361 e. The van der Waals surface area contributed by atoms with Gasteiger partial charge in [0.1, 0.15) is 13.2 Å². The highest BCUT2D eigenvalue weighted by molar-refractivity contribution is 5.71. The molecule has 2 unspecified atom stereocenters. The van der Waals surface area contributed by atoms with Gasteiger partial charge in [0.15, 0.2) is 6.10 Å². The van der Waals surface area contributed by atoms with Crippen molar-refractivity contribution in [3.05, 3.63) is 60.8 Å². The van der Waals surface area contributed by atoms with Gasteiger partial charge in [0.05, 0.1) is 34.4 Å². The second-order valence-corrected chi connectivity index (χ2v) is 19.5. The van der Waals surface area contributed by atoms with Crippen LogP contribution in [0.15, 0.2) is 60.8 Å². The van der Waals surface area contributed by atoms with E-state index in [0.29, 0.717) is 17.4 Å². The molecule has 9 heteroatoms. The zero-order chi connectivity index (χ0) is 49.2. The second-order valence-electron chi connectivity index (χ2n) is 19.5. The fourth-order valence-electron chi connectivity index (χ4n) is 7.52. The van der Waals surface area contributed by atoms with E-state index in [1.807, 2.05) is 21.1 Å². The van der Waals surface area contributed by atoms with Gasteiger partial charge in [-0.15, -0.1) is 0 Å². The van der Waals surface area contributed by atoms with Crippen molar-refractivity contribution in [2.45, 2.75) is 245 Å². The van der Waals surface area contributed by atoms with E-state index in [2.05, 4.69) is 74.6 Å². The number of allylic oxidation sites excluding steroid dienone is 10. The van der Waals surface area contributed by atoms with Gasteiger partial charge in [-0.05, 0) is 70.6 Å². The van der Waals surface area contributed by atoms with Crippen LogP contribution in [0.25, 0.3) is 0 Å². The molecule has 0 bridgehead atoms. The number of carboxylic acids is 1. The molecule has 0 saturated carbocycles. The molecule has 2 atom stereocenters. The van der Waals surface area contributed by atoms with Crippen LogP contribution in [0, 0.1) is 0 Å². The number of ether oxygens (including phenoxy) is 4. The second kappa shape index (κ2) is 49.4. The summed E-state index contributed by atoms with van der Waals surface area (Å²) in [4.78, 5) is 37.2. The quantitative estimate of drug-likeness (QED) is 0.0211. The fraction of sp³-hybridized carbons (Fsp3) is 0.776. The molecule has 0 spiro atoms. The number of likely N-dealkylation sites (N-methyl/N-ethyl adjacent to an activating group) is 1. The molecule has 0 aliphatic rings. The minimum atomic E-state index is -1.51. The highest BCUT2D eigenvalue weighted by atomic mass is 16.7. The Kier molecular flexibility index (Phi) is 47.2. The Morgan fingerprint density at radius 2 is 0.851 bits per heavy atom. The van der Waals surface area contributed by atoms with E-state index >= 15 is 0 Å². The first-order valence-corrected chi connectivity index (χ1v) is 27.5. The Hall–Kier alpha value is -3.01. The third-order valence-corrected chi connectivity index (χ3v) is 11.8. The lowest BCUT2D eigenvalue weighted by molar-refractivity contribution is -0.870. The number of carboxylic acid groups (broad SMARTS) is 1. The molecule has 0 rings (SSSR count). The van der Waals surface area contributed by atoms with E-state index in [-0.39, 0.29) is 32.2 Å². The van der Waals surface area contributed by atoms with Crippen molar-refractivity contribution in [2.24, 2.45) is 0 Å². The number of esters is 2. The predicted molar refractivity (Wildman–Crippen MR) is 281 cm³/mol. The van der Waals surface area contributed by atoms with Crippen LogP contribution in [0.2, 0.25) is 0 Å². The van der Waals surface area contributed by atoms with Crippen LogP contribution in [0.3, 0.4) is 0 Å². The number of aliphatic carboxylic acids is 1. The molecule has 0 heterocycles. The molecule has 0 aliphatic heterocycles. The molecule has 9 nitrogen and oxygen atoms in total. The van der Waals surface area contributed by atoms with Crippen LogP contribution in [0.5, 0.6) is 0 Å². The molecule has 0 saturated heterocycles. The highest BCUT2D eigenvalue weighted by Gasteiger charge is 2.25. The maximum Gasteiger partial charge on any atom is 0.361 e. The van der Waals surface area contributed by atoms with Crippen molar-refractivity contribution in [1.82, 2.24) is 0 Å². The Morgan fingerprint density at radius 1 is 0.463 bits per heavy atom. The molecule has 0 aromatic heterocycles. The summed E-state index contributed by atoms with van der Waals surface area (Å²) in [6.07, 6.45) is 58.8. The highest BCUT2D eigenvalue weighted by Crippen LogP contribution is 2.16. The van der Waals surface area contributed by atoms with E-state index in [9.17, 15) is 19.5 Å². The van der Waals surface area contributed by atoms with Gasteiger partial charge in [-0.1, -0.05) is 209 Å². The van der Waals surface area contributed by atoms with E-state index in [1.54, 1.807) is 0 Å². The van der Waals surface area contributed by atoms with Crippen molar-refractivity contribution in [3.8, 4) is 0 Å². The third-order valence-electron chi connectivity index (χ3n) is 11.8. The first kappa shape index (κ1) is 64.0. The molecular weight excluding hydrogens is 839 g/mol. The number of unbranched alkanes of at least 4 members (excludes halogenated alkanes) is 25. The predicted octanol–water partition coefficient (Wildman–Crippen LogP) is 15.7. The van der Waals surface area contributed by atoms with Crippen molar-refractivity contribution in [3.63, 3.8) is 0 Å². The first-order valence-electron chi connectivity index (χ1n) is 27.5. The van der Waals surface area contributed by atoms with Gasteiger partial charge >= 0.3 is 17.9 Å². The van der Waals surface area contributed by atoms with Gasteiger partial charge in [0, 0.05) is 12.8 Å². The summed E-state index contributed by atoms with van der Waals surface area (Å²) >= 11 is 0. The number of rotatable bonds is 50. The maximum atomic E-state index is 12.8. The molecular formula is C58H104NO8+. The van der Waals surface area contributed by atoms with Crippen molar-refractivity contribution < 1.29 is 42.9 Å². The van der Waals surface area contributed by atoms with Gasteiger partial charge in [-0.3, -0.25) is 9.59 Å².